The van der Waals surface area contributed by atoms with Gasteiger partial charge in [0.25, 0.3) is 0 Å². The van der Waals surface area contributed by atoms with Gasteiger partial charge in [-0.3, -0.25) is 0 Å². The van der Waals surface area contributed by atoms with Gasteiger partial charge in [-0.25, -0.2) is 24.9 Å². The Morgan fingerprint density at radius 1 is 0.276 bits per heavy atom. The van der Waals surface area contributed by atoms with Crippen LogP contribution in [0.25, 0.3) is 101 Å². The van der Waals surface area contributed by atoms with Crippen molar-refractivity contribution in [1.29, 1.82) is 0 Å². The predicted molar refractivity (Wildman–Crippen MR) is 238 cm³/mol. The number of fused-ring (bicyclic) bond motifs is 2. The van der Waals surface area contributed by atoms with Gasteiger partial charge < -0.3 is 0 Å². The number of hydrogen-bond acceptors (Lipinski definition) is 5. The van der Waals surface area contributed by atoms with E-state index in [-0.39, 0.29) is 0 Å². The van der Waals surface area contributed by atoms with E-state index < -0.39 is 0 Å². The Balaban J connectivity index is 1.09. The molecule has 3 heterocycles. The fourth-order valence-corrected chi connectivity index (χ4v) is 7.45. The van der Waals surface area contributed by atoms with Crippen LogP contribution < -0.4 is 0 Å². The SMILES string of the molecule is Cc1ccc(-c2nc(-c3ccc(C)cc3)nc(-c3cc(-c4cccc(-c5ccc(-c6ccc7ccccc7n6)cc5)c4)ccc3-c3ccc4ccccc4n3)n2)cc1. The monoisotopic (exact) mass is 743 g/mol. The van der Waals surface area contributed by atoms with Crippen molar-refractivity contribution in [3.8, 4) is 78.9 Å². The van der Waals surface area contributed by atoms with E-state index in [0.717, 1.165) is 83.3 Å². The molecule has 3 aromatic heterocycles. The third-order valence-corrected chi connectivity index (χ3v) is 10.7. The van der Waals surface area contributed by atoms with Gasteiger partial charge in [-0.15, -0.1) is 0 Å². The second-order valence-electron chi connectivity index (χ2n) is 14.7. The van der Waals surface area contributed by atoms with Crippen LogP contribution in [0.15, 0.2) is 188 Å². The molecule has 0 unspecified atom stereocenters. The predicted octanol–water partition coefficient (Wildman–Crippen LogP) is 13.3. The smallest absolute Gasteiger partial charge is 0.164 e. The molecule has 274 valence electrons. The van der Waals surface area contributed by atoms with Crippen LogP contribution in [0.1, 0.15) is 11.1 Å². The van der Waals surface area contributed by atoms with Crippen LogP contribution in [0.3, 0.4) is 0 Å². The molecule has 10 aromatic rings. The molecule has 0 aliphatic rings. The van der Waals surface area contributed by atoms with E-state index in [1.165, 1.54) is 11.1 Å². The molecule has 0 saturated heterocycles. The zero-order valence-electron chi connectivity index (χ0n) is 32.1. The standard InChI is InChI=1S/C53H37N5/c1-34-14-18-40(19-15-34)51-56-52(41-20-16-35(2)17-21-41)58-53(57-51)46-33-44(26-29-45(46)50-31-28-38-9-4-6-13-48(38)55-50)43-11-7-10-42(32-43)36-22-24-39(25-23-36)49-30-27-37-8-3-5-12-47(37)54-49/h3-33H,1-2H3. The highest BCUT2D eigenvalue weighted by molar-refractivity contribution is 5.89. The van der Waals surface area contributed by atoms with E-state index >= 15 is 0 Å². The lowest BCUT2D eigenvalue weighted by Gasteiger charge is -2.15. The first-order valence-electron chi connectivity index (χ1n) is 19.5. The molecule has 5 heteroatoms. The maximum Gasteiger partial charge on any atom is 0.164 e. The summed E-state index contributed by atoms with van der Waals surface area (Å²) in [5, 5.41) is 2.23. The van der Waals surface area contributed by atoms with E-state index in [1.807, 2.05) is 24.3 Å². The van der Waals surface area contributed by atoms with E-state index in [9.17, 15) is 0 Å². The van der Waals surface area contributed by atoms with Gasteiger partial charge in [0.15, 0.2) is 17.5 Å². The number of benzene rings is 7. The first-order chi connectivity index (χ1) is 28.5. The van der Waals surface area contributed by atoms with Crippen molar-refractivity contribution in [1.82, 2.24) is 24.9 Å². The van der Waals surface area contributed by atoms with Crippen LogP contribution in [-0.4, -0.2) is 24.9 Å². The van der Waals surface area contributed by atoms with Gasteiger partial charge >= 0.3 is 0 Å². The summed E-state index contributed by atoms with van der Waals surface area (Å²) in [4.78, 5) is 25.5. The molecule has 10 rings (SSSR count). The molecular formula is C53H37N5. The summed E-state index contributed by atoms with van der Waals surface area (Å²) in [6, 6.07) is 65.4. The van der Waals surface area contributed by atoms with Crippen LogP contribution in [0.5, 0.6) is 0 Å². The summed E-state index contributed by atoms with van der Waals surface area (Å²) < 4.78 is 0. The van der Waals surface area contributed by atoms with Crippen molar-refractivity contribution < 1.29 is 0 Å². The van der Waals surface area contributed by atoms with Crippen LogP contribution in [0, 0.1) is 13.8 Å². The molecule has 5 nitrogen and oxygen atoms in total. The second kappa shape index (κ2) is 14.8. The topological polar surface area (TPSA) is 64.5 Å². The molecule has 0 aliphatic heterocycles. The van der Waals surface area contributed by atoms with Gasteiger partial charge in [0.1, 0.15) is 0 Å². The average molecular weight is 744 g/mol. The molecule has 0 bridgehead atoms. The van der Waals surface area contributed by atoms with Gasteiger partial charge in [-0.05, 0) is 72.5 Å². The van der Waals surface area contributed by atoms with Gasteiger partial charge in [0.05, 0.1) is 22.4 Å². The number of aromatic nitrogens is 5. The molecule has 0 aliphatic carbocycles. The normalized spacial score (nSPS) is 11.3. The Hall–Kier alpha value is -7.63. The van der Waals surface area contributed by atoms with Crippen molar-refractivity contribution >= 4 is 21.8 Å². The minimum absolute atomic E-state index is 0.585. The molecule has 0 saturated carbocycles. The number of para-hydroxylation sites is 2. The molecule has 0 fully saturated rings. The largest absolute Gasteiger partial charge is 0.248 e. The minimum Gasteiger partial charge on any atom is -0.248 e. The molecule has 7 aromatic carbocycles. The van der Waals surface area contributed by atoms with Crippen LogP contribution >= 0.6 is 0 Å². The summed E-state index contributed by atoms with van der Waals surface area (Å²) in [5.74, 6) is 1.82. The van der Waals surface area contributed by atoms with Gasteiger partial charge in [0, 0.05) is 38.6 Å². The zero-order chi connectivity index (χ0) is 39.0. The highest BCUT2D eigenvalue weighted by Crippen LogP contribution is 2.37. The van der Waals surface area contributed by atoms with Crippen LogP contribution in [0.2, 0.25) is 0 Å². The average Bonchev–Trinajstić information content (AvgIpc) is 3.29. The number of pyridine rings is 2. The number of rotatable bonds is 7. The Bertz CT molecular complexity index is 3050. The van der Waals surface area contributed by atoms with E-state index in [0.29, 0.717) is 17.5 Å². The van der Waals surface area contributed by atoms with E-state index in [4.69, 9.17) is 24.9 Å². The highest BCUT2D eigenvalue weighted by Gasteiger charge is 2.18. The van der Waals surface area contributed by atoms with Crippen molar-refractivity contribution in [2.24, 2.45) is 0 Å². The molecule has 0 spiro atoms. The summed E-state index contributed by atoms with van der Waals surface area (Å²) in [6.45, 7) is 4.17. The van der Waals surface area contributed by atoms with Crippen LogP contribution in [0.4, 0.5) is 0 Å². The van der Waals surface area contributed by atoms with E-state index in [2.05, 4.69) is 178 Å². The number of nitrogens with zero attached hydrogens (tertiary/aromatic N) is 5. The summed E-state index contributed by atoms with van der Waals surface area (Å²) in [6.07, 6.45) is 0. The van der Waals surface area contributed by atoms with Crippen LogP contribution in [-0.2, 0) is 0 Å². The Morgan fingerprint density at radius 3 is 1.36 bits per heavy atom. The third-order valence-electron chi connectivity index (χ3n) is 10.7. The molecule has 0 radical (unpaired) electrons. The van der Waals surface area contributed by atoms with Crippen molar-refractivity contribution in [2.75, 3.05) is 0 Å². The zero-order valence-corrected chi connectivity index (χ0v) is 32.1. The first-order valence-corrected chi connectivity index (χ1v) is 19.5. The fourth-order valence-electron chi connectivity index (χ4n) is 7.45. The van der Waals surface area contributed by atoms with Gasteiger partial charge in [0.2, 0.25) is 0 Å². The molecule has 58 heavy (non-hydrogen) atoms. The maximum atomic E-state index is 5.19. The second-order valence-corrected chi connectivity index (χ2v) is 14.7. The molecule has 0 N–H and O–H groups in total. The summed E-state index contributed by atoms with van der Waals surface area (Å²) in [5.41, 5.74) is 15.2. The Labute approximate surface area is 337 Å². The van der Waals surface area contributed by atoms with Crippen molar-refractivity contribution in [3.63, 3.8) is 0 Å². The fraction of sp³-hybridized carbons (Fsp3) is 0.0377. The lowest BCUT2D eigenvalue weighted by Crippen LogP contribution is -2.02. The van der Waals surface area contributed by atoms with Crippen molar-refractivity contribution in [2.45, 2.75) is 13.8 Å². The maximum absolute atomic E-state index is 5.19. The van der Waals surface area contributed by atoms with Gasteiger partial charge in [-0.2, -0.15) is 0 Å². The molecule has 0 atom stereocenters. The van der Waals surface area contributed by atoms with E-state index in [1.54, 1.807) is 0 Å². The van der Waals surface area contributed by atoms with Gasteiger partial charge in [-0.1, -0.05) is 163 Å². The summed E-state index contributed by atoms with van der Waals surface area (Å²) >= 11 is 0. The molecule has 0 amide bonds. The molecular weight excluding hydrogens is 707 g/mol. The number of hydrogen-bond donors (Lipinski definition) is 0. The summed E-state index contributed by atoms with van der Waals surface area (Å²) in [7, 11) is 0. The first kappa shape index (κ1) is 34.8. The van der Waals surface area contributed by atoms with Crippen molar-refractivity contribution in [3.05, 3.63) is 199 Å². The lowest BCUT2D eigenvalue weighted by molar-refractivity contribution is 1.07. The third kappa shape index (κ3) is 6.91. The quantitative estimate of drug-likeness (QED) is 0.163. The lowest BCUT2D eigenvalue weighted by atomic mass is 9.94. The number of aryl methyl sites for hydroxylation is 2. The highest BCUT2D eigenvalue weighted by atomic mass is 15.0. The Morgan fingerprint density at radius 2 is 0.741 bits per heavy atom. The minimum atomic E-state index is 0.585. The Kier molecular flexibility index (Phi) is 8.88.